The molecule has 0 unspecified atom stereocenters. The van der Waals surface area contributed by atoms with E-state index < -0.39 is 0 Å². The van der Waals surface area contributed by atoms with Gasteiger partial charge < -0.3 is 4.98 Å². The molecule has 0 aliphatic carbocycles. The normalized spacial score (nSPS) is 11.8. The number of benzene rings is 2. The van der Waals surface area contributed by atoms with Crippen molar-refractivity contribution >= 4 is 43.9 Å². The summed E-state index contributed by atoms with van der Waals surface area (Å²) in [7, 11) is 0. The Morgan fingerprint density at radius 1 is 0.692 bits per heavy atom. The summed E-state index contributed by atoms with van der Waals surface area (Å²) in [4.78, 5) is 12.7. The van der Waals surface area contributed by atoms with Crippen LogP contribution in [0.1, 0.15) is 0 Å². The standard InChI is InChI=1S/C22H14N4/c1-2-8-20-15(5-1)16-6-3-12-24-22(16)26(20)14-9-10-18-17(13-14)21-19(25-18)7-4-11-23-21/h1-13,25H. The van der Waals surface area contributed by atoms with E-state index in [1.54, 1.807) is 0 Å². The van der Waals surface area contributed by atoms with Crippen LogP contribution in [0, 0.1) is 0 Å². The maximum absolute atomic E-state index is 4.66. The summed E-state index contributed by atoms with van der Waals surface area (Å²) in [6.45, 7) is 0. The van der Waals surface area contributed by atoms with Crippen molar-refractivity contribution in [1.82, 2.24) is 19.5 Å². The maximum atomic E-state index is 4.66. The Balaban J connectivity index is 1.76. The summed E-state index contributed by atoms with van der Waals surface area (Å²) in [5.74, 6) is 0. The van der Waals surface area contributed by atoms with Crippen molar-refractivity contribution in [3.63, 3.8) is 0 Å². The average Bonchev–Trinajstić information content (AvgIpc) is 3.23. The van der Waals surface area contributed by atoms with Crippen molar-refractivity contribution < 1.29 is 0 Å². The lowest BCUT2D eigenvalue weighted by Gasteiger charge is -2.07. The van der Waals surface area contributed by atoms with Gasteiger partial charge in [0, 0.05) is 39.8 Å². The number of hydrogen-bond donors (Lipinski definition) is 1. The van der Waals surface area contributed by atoms with Crippen molar-refractivity contribution in [3.05, 3.63) is 79.1 Å². The number of hydrogen-bond acceptors (Lipinski definition) is 2. The Hall–Kier alpha value is -3.66. The van der Waals surface area contributed by atoms with Crippen LogP contribution in [0.3, 0.4) is 0 Å². The molecule has 0 amide bonds. The van der Waals surface area contributed by atoms with E-state index >= 15 is 0 Å². The molecule has 6 aromatic rings. The number of aromatic nitrogens is 4. The summed E-state index contributed by atoms with van der Waals surface area (Å²) in [6, 6.07) is 23.0. The van der Waals surface area contributed by atoms with Gasteiger partial charge in [0.05, 0.1) is 16.6 Å². The number of fused-ring (bicyclic) bond motifs is 6. The molecular formula is C22H14N4. The fourth-order valence-electron chi connectivity index (χ4n) is 3.90. The van der Waals surface area contributed by atoms with Crippen LogP contribution >= 0.6 is 0 Å². The number of pyridine rings is 2. The topological polar surface area (TPSA) is 46.5 Å². The molecule has 4 heteroatoms. The molecule has 0 bridgehead atoms. The van der Waals surface area contributed by atoms with Gasteiger partial charge in [-0.2, -0.15) is 0 Å². The van der Waals surface area contributed by atoms with Crippen molar-refractivity contribution in [2.75, 3.05) is 0 Å². The number of nitrogens with one attached hydrogen (secondary N) is 1. The minimum Gasteiger partial charge on any atom is -0.353 e. The van der Waals surface area contributed by atoms with Crippen LogP contribution in [-0.2, 0) is 0 Å². The van der Waals surface area contributed by atoms with Crippen LogP contribution in [0.4, 0.5) is 0 Å². The van der Waals surface area contributed by atoms with Crippen molar-refractivity contribution in [2.45, 2.75) is 0 Å². The highest BCUT2D eigenvalue weighted by Crippen LogP contribution is 2.32. The predicted octanol–water partition coefficient (Wildman–Crippen LogP) is 5.21. The van der Waals surface area contributed by atoms with E-state index in [0.29, 0.717) is 0 Å². The Kier molecular flexibility index (Phi) is 2.58. The summed E-state index contributed by atoms with van der Waals surface area (Å²) in [5.41, 5.74) is 6.37. The molecular weight excluding hydrogens is 320 g/mol. The molecule has 0 fully saturated rings. The second kappa shape index (κ2) is 4.92. The highest BCUT2D eigenvalue weighted by molar-refractivity contribution is 6.09. The lowest BCUT2D eigenvalue weighted by molar-refractivity contribution is 1.14. The molecule has 122 valence electrons. The highest BCUT2D eigenvalue weighted by atomic mass is 15.0. The molecule has 4 heterocycles. The van der Waals surface area contributed by atoms with Gasteiger partial charge in [0.2, 0.25) is 0 Å². The van der Waals surface area contributed by atoms with Crippen molar-refractivity contribution in [2.24, 2.45) is 0 Å². The fourth-order valence-corrected chi connectivity index (χ4v) is 3.90. The third-order valence-electron chi connectivity index (χ3n) is 5.03. The molecule has 6 rings (SSSR count). The molecule has 0 saturated carbocycles. The van der Waals surface area contributed by atoms with Crippen molar-refractivity contribution in [1.29, 1.82) is 0 Å². The summed E-state index contributed by atoms with van der Waals surface area (Å²) in [6.07, 6.45) is 3.69. The molecule has 4 nitrogen and oxygen atoms in total. The molecule has 2 aromatic carbocycles. The molecule has 0 spiro atoms. The molecule has 0 radical (unpaired) electrons. The van der Waals surface area contributed by atoms with Crippen LogP contribution in [0.15, 0.2) is 79.1 Å². The zero-order valence-electron chi connectivity index (χ0n) is 13.8. The zero-order valence-corrected chi connectivity index (χ0v) is 13.8. The third kappa shape index (κ3) is 1.73. The lowest BCUT2D eigenvalue weighted by atomic mass is 10.2. The molecule has 0 aliphatic heterocycles. The largest absolute Gasteiger partial charge is 0.353 e. The molecule has 0 aliphatic rings. The van der Waals surface area contributed by atoms with E-state index in [9.17, 15) is 0 Å². The first kappa shape index (κ1) is 13.6. The molecule has 0 atom stereocenters. The Bertz CT molecular complexity index is 1390. The SMILES string of the molecule is c1cnc2c(c1)[nH]c1ccc(-n3c4ccccc4c4cccnc43)cc12. The second-order valence-corrected chi connectivity index (χ2v) is 6.48. The van der Waals surface area contributed by atoms with E-state index in [0.717, 1.165) is 38.8 Å². The van der Waals surface area contributed by atoms with Crippen LogP contribution in [-0.4, -0.2) is 19.5 Å². The van der Waals surface area contributed by atoms with Gasteiger partial charge in [-0.15, -0.1) is 0 Å². The Labute approximate surface area is 148 Å². The second-order valence-electron chi connectivity index (χ2n) is 6.48. The Morgan fingerprint density at radius 2 is 1.54 bits per heavy atom. The predicted molar refractivity (Wildman–Crippen MR) is 106 cm³/mol. The minimum absolute atomic E-state index is 0.973. The lowest BCUT2D eigenvalue weighted by Crippen LogP contribution is -1.94. The van der Waals surface area contributed by atoms with E-state index in [4.69, 9.17) is 0 Å². The minimum atomic E-state index is 0.973. The smallest absolute Gasteiger partial charge is 0.145 e. The quantitative estimate of drug-likeness (QED) is 0.449. The monoisotopic (exact) mass is 334 g/mol. The first-order chi connectivity index (χ1) is 12.9. The van der Waals surface area contributed by atoms with E-state index in [-0.39, 0.29) is 0 Å². The molecule has 4 aromatic heterocycles. The number of rotatable bonds is 1. The number of nitrogens with zero attached hydrogens (tertiary/aromatic N) is 3. The van der Waals surface area contributed by atoms with Crippen LogP contribution in [0.25, 0.3) is 49.6 Å². The summed E-state index contributed by atoms with van der Waals surface area (Å²) < 4.78 is 2.23. The Morgan fingerprint density at radius 3 is 2.54 bits per heavy atom. The van der Waals surface area contributed by atoms with Gasteiger partial charge in [-0.25, -0.2) is 4.98 Å². The van der Waals surface area contributed by atoms with E-state index in [1.165, 1.54) is 10.8 Å². The van der Waals surface area contributed by atoms with Crippen LogP contribution in [0.5, 0.6) is 0 Å². The van der Waals surface area contributed by atoms with Crippen LogP contribution in [0.2, 0.25) is 0 Å². The number of H-pyrrole nitrogens is 1. The molecule has 1 N–H and O–H groups in total. The number of aromatic amines is 1. The zero-order chi connectivity index (χ0) is 17.1. The van der Waals surface area contributed by atoms with Gasteiger partial charge >= 0.3 is 0 Å². The van der Waals surface area contributed by atoms with Gasteiger partial charge in [0.1, 0.15) is 5.65 Å². The fraction of sp³-hybridized carbons (Fsp3) is 0. The maximum Gasteiger partial charge on any atom is 0.145 e. The first-order valence-corrected chi connectivity index (χ1v) is 8.61. The molecule has 0 saturated heterocycles. The summed E-state index contributed by atoms with van der Waals surface area (Å²) in [5, 5.41) is 3.51. The first-order valence-electron chi connectivity index (χ1n) is 8.61. The van der Waals surface area contributed by atoms with Crippen LogP contribution < -0.4 is 0 Å². The number of para-hydroxylation sites is 1. The van der Waals surface area contributed by atoms with E-state index in [2.05, 4.69) is 74.1 Å². The van der Waals surface area contributed by atoms with Gasteiger partial charge in [0.25, 0.3) is 0 Å². The summed E-state index contributed by atoms with van der Waals surface area (Å²) >= 11 is 0. The van der Waals surface area contributed by atoms with Gasteiger partial charge in [-0.05, 0) is 48.5 Å². The average molecular weight is 334 g/mol. The third-order valence-corrected chi connectivity index (χ3v) is 5.03. The molecule has 26 heavy (non-hydrogen) atoms. The van der Waals surface area contributed by atoms with Crippen molar-refractivity contribution in [3.8, 4) is 5.69 Å². The van der Waals surface area contributed by atoms with Gasteiger partial charge in [-0.1, -0.05) is 18.2 Å². The van der Waals surface area contributed by atoms with E-state index in [1.807, 2.05) is 24.5 Å². The van der Waals surface area contributed by atoms with Gasteiger partial charge in [0.15, 0.2) is 0 Å². The van der Waals surface area contributed by atoms with Gasteiger partial charge in [-0.3, -0.25) is 9.55 Å². The highest BCUT2D eigenvalue weighted by Gasteiger charge is 2.14.